The third-order valence-corrected chi connectivity index (χ3v) is 6.75. The highest BCUT2D eigenvalue weighted by Crippen LogP contribution is 2.36. The quantitative estimate of drug-likeness (QED) is 0.888. The van der Waals surface area contributed by atoms with Crippen LogP contribution in [0.3, 0.4) is 0 Å². The summed E-state index contributed by atoms with van der Waals surface area (Å²) in [5.74, 6) is -0.400. The lowest BCUT2D eigenvalue weighted by Crippen LogP contribution is -2.49. The minimum absolute atomic E-state index is 0.00891. The lowest BCUT2D eigenvalue weighted by molar-refractivity contribution is -0.137. The molecule has 2 fully saturated rings. The fourth-order valence-corrected chi connectivity index (χ4v) is 5.17. The Balaban J connectivity index is 1.78. The van der Waals surface area contributed by atoms with E-state index in [1.54, 1.807) is 18.2 Å². The Morgan fingerprint density at radius 1 is 1.29 bits per heavy atom. The first kappa shape index (κ1) is 17.4. The SMILES string of the molecule is O=C(N[C@H]1CCS(=O)(=O)C1)C1(Cc2ccccc2F)CCOCC1. The molecule has 3 rings (SSSR count). The van der Waals surface area contributed by atoms with Crippen LogP contribution in [0.4, 0.5) is 4.39 Å². The number of amides is 1. The summed E-state index contributed by atoms with van der Waals surface area (Å²) in [7, 11) is -3.06. The summed E-state index contributed by atoms with van der Waals surface area (Å²) in [6.45, 7) is 0.898. The number of benzene rings is 1. The van der Waals surface area contributed by atoms with Crippen molar-refractivity contribution < 1.29 is 22.3 Å². The van der Waals surface area contributed by atoms with Gasteiger partial charge >= 0.3 is 0 Å². The van der Waals surface area contributed by atoms with E-state index >= 15 is 0 Å². The average molecular weight is 355 g/mol. The number of halogens is 1. The van der Waals surface area contributed by atoms with Gasteiger partial charge in [0, 0.05) is 19.3 Å². The zero-order chi connectivity index (χ0) is 17.2. The van der Waals surface area contributed by atoms with Crippen molar-refractivity contribution in [2.45, 2.75) is 31.7 Å². The van der Waals surface area contributed by atoms with Crippen molar-refractivity contribution in [1.82, 2.24) is 5.32 Å². The van der Waals surface area contributed by atoms with Gasteiger partial charge in [0.25, 0.3) is 0 Å². The van der Waals surface area contributed by atoms with Crippen molar-refractivity contribution in [1.29, 1.82) is 0 Å². The third kappa shape index (κ3) is 3.78. The van der Waals surface area contributed by atoms with E-state index in [1.165, 1.54) is 6.07 Å². The van der Waals surface area contributed by atoms with Crippen molar-refractivity contribution >= 4 is 15.7 Å². The van der Waals surface area contributed by atoms with E-state index in [2.05, 4.69) is 5.32 Å². The standard InChI is InChI=1S/C17H22FNO4S/c18-15-4-2-1-3-13(15)11-17(6-8-23-9-7-17)16(20)19-14-5-10-24(21,22)12-14/h1-4,14H,5-12H2,(H,19,20)/t14-/m0/s1. The van der Waals surface area contributed by atoms with Crippen LogP contribution in [0.15, 0.2) is 24.3 Å². The van der Waals surface area contributed by atoms with Gasteiger partial charge in [-0.15, -0.1) is 0 Å². The van der Waals surface area contributed by atoms with Gasteiger partial charge in [-0.3, -0.25) is 4.79 Å². The molecule has 2 aliphatic heterocycles. The van der Waals surface area contributed by atoms with E-state index in [-0.39, 0.29) is 29.3 Å². The predicted octanol–water partition coefficient (Wildman–Crippen LogP) is 1.47. The molecule has 0 saturated carbocycles. The topological polar surface area (TPSA) is 72.5 Å². The second-order valence-corrected chi connectivity index (χ2v) is 8.96. The number of hydrogen-bond donors (Lipinski definition) is 1. The number of hydrogen-bond acceptors (Lipinski definition) is 4. The molecule has 2 heterocycles. The van der Waals surface area contributed by atoms with E-state index in [9.17, 15) is 17.6 Å². The largest absolute Gasteiger partial charge is 0.381 e. The first-order valence-electron chi connectivity index (χ1n) is 8.23. The number of carbonyl (C=O) groups is 1. The molecule has 7 heteroatoms. The van der Waals surface area contributed by atoms with Crippen LogP contribution in [0, 0.1) is 11.2 Å². The van der Waals surface area contributed by atoms with Crippen molar-refractivity contribution in [3.63, 3.8) is 0 Å². The van der Waals surface area contributed by atoms with Gasteiger partial charge in [0.1, 0.15) is 5.82 Å². The fraction of sp³-hybridized carbons (Fsp3) is 0.588. The summed E-state index contributed by atoms with van der Waals surface area (Å²) in [5, 5.41) is 2.89. The van der Waals surface area contributed by atoms with Gasteiger partial charge in [0.05, 0.1) is 16.9 Å². The summed E-state index contributed by atoms with van der Waals surface area (Å²) < 4.78 is 42.6. The molecule has 1 atom stereocenters. The molecule has 1 amide bonds. The minimum atomic E-state index is -3.06. The number of carbonyl (C=O) groups excluding carboxylic acids is 1. The van der Waals surface area contributed by atoms with Crippen LogP contribution >= 0.6 is 0 Å². The predicted molar refractivity (Wildman–Crippen MR) is 87.8 cm³/mol. The first-order valence-corrected chi connectivity index (χ1v) is 10.0. The Bertz CT molecular complexity index is 713. The molecular weight excluding hydrogens is 333 g/mol. The summed E-state index contributed by atoms with van der Waals surface area (Å²) in [5.41, 5.74) is -0.235. The normalized spacial score (nSPS) is 25.3. The van der Waals surface area contributed by atoms with E-state index in [0.29, 0.717) is 44.5 Å². The molecule has 0 radical (unpaired) electrons. The Kier molecular flexibility index (Phi) is 4.92. The van der Waals surface area contributed by atoms with Crippen molar-refractivity contribution in [3.05, 3.63) is 35.6 Å². The molecule has 2 saturated heterocycles. The lowest BCUT2D eigenvalue weighted by atomic mass is 9.74. The second-order valence-electron chi connectivity index (χ2n) is 6.73. The Morgan fingerprint density at radius 2 is 2.00 bits per heavy atom. The van der Waals surface area contributed by atoms with Gasteiger partial charge in [0.2, 0.25) is 5.91 Å². The molecule has 24 heavy (non-hydrogen) atoms. The van der Waals surface area contributed by atoms with Gasteiger partial charge in [-0.25, -0.2) is 12.8 Å². The monoisotopic (exact) mass is 355 g/mol. The molecule has 0 bridgehead atoms. The third-order valence-electron chi connectivity index (χ3n) is 4.99. The minimum Gasteiger partial charge on any atom is -0.381 e. The molecule has 0 spiro atoms. The van der Waals surface area contributed by atoms with Crippen LogP contribution in [-0.2, 0) is 25.8 Å². The Labute approximate surface area is 141 Å². The lowest BCUT2D eigenvalue weighted by Gasteiger charge is -2.36. The van der Waals surface area contributed by atoms with Crippen LogP contribution in [0.1, 0.15) is 24.8 Å². The van der Waals surface area contributed by atoms with E-state index in [0.717, 1.165) is 0 Å². The average Bonchev–Trinajstić information content (AvgIpc) is 2.89. The highest BCUT2D eigenvalue weighted by molar-refractivity contribution is 7.91. The van der Waals surface area contributed by atoms with Crippen LogP contribution < -0.4 is 5.32 Å². The summed E-state index contributed by atoms with van der Waals surface area (Å²) in [6, 6.07) is 6.12. The van der Waals surface area contributed by atoms with E-state index in [4.69, 9.17) is 4.74 Å². The van der Waals surface area contributed by atoms with Gasteiger partial charge in [0.15, 0.2) is 9.84 Å². The zero-order valence-corrected chi connectivity index (χ0v) is 14.3. The van der Waals surface area contributed by atoms with Crippen LogP contribution in [0.25, 0.3) is 0 Å². The maximum atomic E-state index is 14.0. The van der Waals surface area contributed by atoms with Gasteiger partial charge < -0.3 is 10.1 Å². The molecule has 5 nitrogen and oxygen atoms in total. The molecular formula is C17H22FNO4S. The Morgan fingerprint density at radius 3 is 2.62 bits per heavy atom. The van der Waals surface area contributed by atoms with Crippen molar-refractivity contribution in [3.8, 4) is 0 Å². The number of ether oxygens (including phenoxy) is 1. The van der Waals surface area contributed by atoms with Gasteiger partial charge in [-0.05, 0) is 37.3 Å². The molecule has 132 valence electrons. The van der Waals surface area contributed by atoms with Gasteiger partial charge in [-0.2, -0.15) is 0 Å². The summed E-state index contributed by atoms with van der Waals surface area (Å²) in [6.07, 6.45) is 1.76. The smallest absolute Gasteiger partial charge is 0.226 e. The molecule has 0 aromatic heterocycles. The number of sulfone groups is 1. The maximum Gasteiger partial charge on any atom is 0.226 e. The summed E-state index contributed by atoms with van der Waals surface area (Å²) >= 11 is 0. The second kappa shape index (κ2) is 6.80. The molecule has 1 aromatic rings. The molecule has 1 N–H and O–H groups in total. The maximum absolute atomic E-state index is 14.0. The summed E-state index contributed by atoms with van der Waals surface area (Å²) in [4.78, 5) is 12.9. The highest BCUT2D eigenvalue weighted by Gasteiger charge is 2.42. The van der Waals surface area contributed by atoms with E-state index in [1.807, 2.05) is 0 Å². The van der Waals surface area contributed by atoms with E-state index < -0.39 is 15.3 Å². The fourth-order valence-electron chi connectivity index (χ4n) is 3.50. The van der Waals surface area contributed by atoms with Gasteiger partial charge in [-0.1, -0.05) is 18.2 Å². The zero-order valence-electron chi connectivity index (χ0n) is 13.5. The Hall–Kier alpha value is -1.47. The molecule has 0 aliphatic carbocycles. The van der Waals surface area contributed by atoms with Crippen LogP contribution in [-0.4, -0.2) is 45.1 Å². The first-order chi connectivity index (χ1) is 11.4. The van der Waals surface area contributed by atoms with Crippen LogP contribution in [0.5, 0.6) is 0 Å². The number of rotatable bonds is 4. The molecule has 1 aromatic carbocycles. The van der Waals surface area contributed by atoms with Crippen molar-refractivity contribution in [2.24, 2.45) is 5.41 Å². The molecule has 0 unspecified atom stereocenters. The van der Waals surface area contributed by atoms with Crippen molar-refractivity contribution in [2.75, 3.05) is 24.7 Å². The highest BCUT2D eigenvalue weighted by atomic mass is 32.2. The van der Waals surface area contributed by atoms with Crippen LogP contribution in [0.2, 0.25) is 0 Å². The number of nitrogens with one attached hydrogen (secondary N) is 1. The molecule has 2 aliphatic rings.